The Bertz CT molecular complexity index is 353. The summed E-state index contributed by atoms with van der Waals surface area (Å²) in [5.41, 5.74) is 0. The van der Waals surface area contributed by atoms with Gasteiger partial charge in [0.15, 0.2) is 6.67 Å². The predicted octanol–water partition coefficient (Wildman–Crippen LogP) is -0.841. The number of fused-ring (bicyclic) bond motifs is 1. The highest BCUT2D eigenvalue weighted by molar-refractivity contribution is 6.05. The Hall–Kier alpha value is -0.940. The normalized spacial score (nSPS) is 39.5. The van der Waals surface area contributed by atoms with Crippen LogP contribution in [-0.2, 0) is 9.59 Å². The van der Waals surface area contributed by atoms with E-state index in [0.717, 1.165) is 51.6 Å². The first-order chi connectivity index (χ1) is 9.16. The number of hydrogen-bond donors (Lipinski definition) is 2. The van der Waals surface area contributed by atoms with E-state index in [1.165, 1.54) is 9.80 Å². The average molecular weight is 267 g/mol. The topological polar surface area (TPSA) is 62.0 Å². The molecule has 1 aliphatic carbocycles. The third kappa shape index (κ3) is 2.41. The number of aliphatic hydroxyl groups is 1. The molecule has 0 aromatic rings. The molecular formula is C14H23N2O3+. The average Bonchev–Trinajstić information content (AvgIpc) is 2.67. The number of imide groups is 1. The minimum Gasteiger partial charge on any atom is -0.393 e. The SMILES string of the molecule is O=C1[C@H]2CCCC[C@@H]2C(=O)N1C[NH+]1CCC(O)CC1. The first kappa shape index (κ1) is 13.1. The zero-order valence-corrected chi connectivity index (χ0v) is 11.3. The molecule has 0 aromatic carbocycles. The molecule has 3 fully saturated rings. The second-order valence-electron chi connectivity index (χ2n) is 6.24. The fourth-order valence-electron chi connectivity index (χ4n) is 3.78. The number of aliphatic hydroxyl groups excluding tert-OH is 1. The zero-order chi connectivity index (χ0) is 13.4. The summed E-state index contributed by atoms with van der Waals surface area (Å²) in [6.45, 7) is 2.22. The van der Waals surface area contributed by atoms with E-state index in [-0.39, 0.29) is 29.8 Å². The van der Waals surface area contributed by atoms with Crippen LogP contribution in [0, 0.1) is 11.8 Å². The molecule has 0 spiro atoms. The van der Waals surface area contributed by atoms with Gasteiger partial charge in [0, 0.05) is 12.8 Å². The molecule has 0 radical (unpaired) electrons. The number of carbonyl (C=O) groups is 2. The second-order valence-corrected chi connectivity index (χ2v) is 6.24. The molecular weight excluding hydrogens is 244 g/mol. The number of likely N-dealkylation sites (tertiary alicyclic amines) is 2. The smallest absolute Gasteiger partial charge is 0.237 e. The molecule has 106 valence electrons. The van der Waals surface area contributed by atoms with Gasteiger partial charge in [-0.25, -0.2) is 4.90 Å². The Morgan fingerprint density at radius 1 is 1.00 bits per heavy atom. The summed E-state index contributed by atoms with van der Waals surface area (Å²) in [7, 11) is 0. The molecule has 0 aromatic heterocycles. The van der Waals surface area contributed by atoms with Crippen LogP contribution in [0.4, 0.5) is 0 Å². The fourth-order valence-corrected chi connectivity index (χ4v) is 3.78. The maximum Gasteiger partial charge on any atom is 0.237 e. The Kier molecular flexibility index (Phi) is 3.58. The lowest BCUT2D eigenvalue weighted by atomic mass is 9.81. The molecule has 19 heavy (non-hydrogen) atoms. The molecule has 5 nitrogen and oxygen atoms in total. The van der Waals surface area contributed by atoms with Gasteiger partial charge in [0.1, 0.15) is 0 Å². The van der Waals surface area contributed by atoms with Crippen molar-refractivity contribution < 1.29 is 19.6 Å². The lowest BCUT2D eigenvalue weighted by Gasteiger charge is -2.29. The maximum absolute atomic E-state index is 12.3. The van der Waals surface area contributed by atoms with Crippen LogP contribution in [0.15, 0.2) is 0 Å². The van der Waals surface area contributed by atoms with Gasteiger partial charge >= 0.3 is 0 Å². The van der Waals surface area contributed by atoms with Gasteiger partial charge in [-0.05, 0) is 12.8 Å². The second kappa shape index (κ2) is 5.21. The van der Waals surface area contributed by atoms with Crippen LogP contribution < -0.4 is 4.90 Å². The van der Waals surface area contributed by atoms with E-state index in [1.807, 2.05) is 0 Å². The molecule has 2 amide bonds. The first-order valence-corrected chi connectivity index (χ1v) is 7.53. The van der Waals surface area contributed by atoms with E-state index >= 15 is 0 Å². The lowest BCUT2D eigenvalue weighted by molar-refractivity contribution is -0.913. The van der Waals surface area contributed by atoms with Crippen molar-refractivity contribution in [1.29, 1.82) is 0 Å². The Labute approximate surface area is 113 Å². The minimum atomic E-state index is -0.198. The number of rotatable bonds is 2. The summed E-state index contributed by atoms with van der Waals surface area (Å²) in [6, 6.07) is 0. The molecule has 1 saturated carbocycles. The summed E-state index contributed by atoms with van der Waals surface area (Å²) in [4.78, 5) is 27.4. The molecule has 2 heterocycles. The van der Waals surface area contributed by atoms with Crippen LogP contribution in [0.3, 0.4) is 0 Å². The van der Waals surface area contributed by atoms with Crippen LogP contribution in [0.5, 0.6) is 0 Å². The third-order valence-corrected chi connectivity index (χ3v) is 4.98. The van der Waals surface area contributed by atoms with Crippen molar-refractivity contribution in [2.75, 3.05) is 19.8 Å². The van der Waals surface area contributed by atoms with Crippen molar-refractivity contribution in [2.24, 2.45) is 11.8 Å². The van der Waals surface area contributed by atoms with E-state index < -0.39 is 0 Å². The molecule has 0 bridgehead atoms. The summed E-state index contributed by atoms with van der Waals surface area (Å²) in [6.07, 6.45) is 5.29. The predicted molar refractivity (Wildman–Crippen MR) is 68.1 cm³/mol. The van der Waals surface area contributed by atoms with Gasteiger partial charge in [0.2, 0.25) is 11.8 Å². The standard InChI is InChI=1S/C14H22N2O3/c17-10-5-7-15(8-6-10)9-16-13(18)11-3-1-2-4-12(11)14(16)19/h10-12,17H,1-9H2/p+1/t11-,12-/m0/s1. The number of amides is 2. The quantitative estimate of drug-likeness (QED) is 0.641. The summed E-state index contributed by atoms with van der Waals surface area (Å²) >= 11 is 0. The number of nitrogens with one attached hydrogen (secondary N) is 1. The van der Waals surface area contributed by atoms with Gasteiger partial charge in [0.25, 0.3) is 0 Å². The molecule has 5 heteroatoms. The van der Waals surface area contributed by atoms with Gasteiger partial charge in [0.05, 0.1) is 31.0 Å². The van der Waals surface area contributed by atoms with E-state index in [4.69, 9.17) is 0 Å². The highest BCUT2D eigenvalue weighted by atomic mass is 16.3. The van der Waals surface area contributed by atoms with Crippen LogP contribution in [0.25, 0.3) is 0 Å². The molecule has 3 rings (SSSR count). The third-order valence-electron chi connectivity index (χ3n) is 4.98. The van der Waals surface area contributed by atoms with E-state index in [0.29, 0.717) is 6.67 Å². The van der Waals surface area contributed by atoms with Crippen molar-refractivity contribution in [3.63, 3.8) is 0 Å². The molecule has 0 unspecified atom stereocenters. The van der Waals surface area contributed by atoms with Crippen molar-refractivity contribution >= 4 is 11.8 Å². The number of nitrogens with zero attached hydrogens (tertiary/aromatic N) is 1. The zero-order valence-electron chi connectivity index (χ0n) is 11.3. The Balaban J connectivity index is 1.64. The highest BCUT2D eigenvalue weighted by Gasteiger charge is 2.49. The van der Waals surface area contributed by atoms with Gasteiger partial charge in [-0.1, -0.05) is 12.8 Å². The van der Waals surface area contributed by atoms with Crippen LogP contribution >= 0.6 is 0 Å². The van der Waals surface area contributed by atoms with E-state index in [1.54, 1.807) is 0 Å². The van der Waals surface area contributed by atoms with Crippen molar-refractivity contribution in [3.05, 3.63) is 0 Å². The van der Waals surface area contributed by atoms with Crippen molar-refractivity contribution in [3.8, 4) is 0 Å². The first-order valence-electron chi connectivity index (χ1n) is 7.53. The molecule has 2 atom stereocenters. The summed E-state index contributed by atoms with van der Waals surface area (Å²) in [5.74, 6) is 0.0636. The van der Waals surface area contributed by atoms with Gasteiger partial charge in [-0.3, -0.25) is 9.59 Å². The molecule has 2 N–H and O–H groups in total. The summed E-state index contributed by atoms with van der Waals surface area (Å²) < 4.78 is 0. The van der Waals surface area contributed by atoms with Gasteiger partial charge < -0.3 is 10.0 Å². The van der Waals surface area contributed by atoms with E-state index in [2.05, 4.69) is 0 Å². The molecule has 2 saturated heterocycles. The van der Waals surface area contributed by atoms with Gasteiger partial charge in [-0.2, -0.15) is 0 Å². The highest BCUT2D eigenvalue weighted by Crippen LogP contribution is 2.37. The van der Waals surface area contributed by atoms with Crippen LogP contribution in [-0.4, -0.2) is 47.7 Å². The lowest BCUT2D eigenvalue weighted by Crippen LogP contribution is -3.14. The number of hydrogen-bond acceptors (Lipinski definition) is 3. The number of carbonyl (C=O) groups excluding carboxylic acids is 2. The fraction of sp³-hybridized carbons (Fsp3) is 0.857. The monoisotopic (exact) mass is 267 g/mol. The van der Waals surface area contributed by atoms with E-state index in [9.17, 15) is 14.7 Å². The van der Waals surface area contributed by atoms with Gasteiger partial charge in [-0.15, -0.1) is 0 Å². The van der Waals surface area contributed by atoms with Crippen LogP contribution in [0.1, 0.15) is 38.5 Å². The maximum atomic E-state index is 12.3. The Morgan fingerprint density at radius 2 is 1.53 bits per heavy atom. The largest absolute Gasteiger partial charge is 0.393 e. The van der Waals surface area contributed by atoms with Crippen molar-refractivity contribution in [1.82, 2.24) is 4.90 Å². The molecule has 3 aliphatic rings. The minimum absolute atomic E-state index is 0.0315. The van der Waals surface area contributed by atoms with Crippen molar-refractivity contribution in [2.45, 2.75) is 44.6 Å². The Morgan fingerprint density at radius 3 is 2.05 bits per heavy atom. The van der Waals surface area contributed by atoms with Crippen LogP contribution in [0.2, 0.25) is 0 Å². The summed E-state index contributed by atoms with van der Waals surface area (Å²) in [5, 5.41) is 9.50. The number of quaternary nitrogens is 1. The molecule has 2 aliphatic heterocycles. The number of piperidine rings is 1.